The molecule has 72 valence electrons. The molecule has 0 bridgehead atoms. The molecule has 0 aromatic carbocycles. The molecule has 12 heavy (non-hydrogen) atoms. The lowest BCUT2D eigenvalue weighted by atomic mass is 9.75. The van der Waals surface area contributed by atoms with E-state index in [-0.39, 0.29) is 5.41 Å². The number of rotatable bonds is 5. The highest BCUT2D eigenvalue weighted by Gasteiger charge is 2.36. The van der Waals surface area contributed by atoms with Gasteiger partial charge in [-0.3, -0.25) is 0 Å². The first-order valence-electron chi connectivity index (χ1n) is 4.00. The van der Waals surface area contributed by atoms with Gasteiger partial charge < -0.3 is 9.66 Å². The SMILES string of the molecule is C=CC(C)(C)C(C)(O)CCSO. The van der Waals surface area contributed by atoms with Crippen LogP contribution in [-0.2, 0) is 0 Å². The standard InChI is InChI=1S/C9H18O2S/c1-5-8(2,3)9(4,10)6-7-12-11/h5,10-11H,1,6-7H2,2-4H3. The molecule has 0 spiro atoms. The fourth-order valence-electron chi connectivity index (χ4n) is 0.786. The highest BCUT2D eigenvalue weighted by atomic mass is 32.2. The first kappa shape index (κ1) is 12.0. The van der Waals surface area contributed by atoms with Gasteiger partial charge in [0.25, 0.3) is 0 Å². The average Bonchev–Trinajstić information content (AvgIpc) is 2.00. The van der Waals surface area contributed by atoms with Gasteiger partial charge in [0.15, 0.2) is 0 Å². The summed E-state index contributed by atoms with van der Waals surface area (Å²) < 4.78 is 8.55. The van der Waals surface area contributed by atoms with Crippen LogP contribution in [0.3, 0.4) is 0 Å². The van der Waals surface area contributed by atoms with Crippen molar-refractivity contribution in [3.63, 3.8) is 0 Å². The first-order chi connectivity index (χ1) is 5.37. The van der Waals surface area contributed by atoms with E-state index in [0.29, 0.717) is 12.2 Å². The fourth-order valence-corrected chi connectivity index (χ4v) is 1.28. The van der Waals surface area contributed by atoms with Crippen LogP contribution in [0.4, 0.5) is 0 Å². The van der Waals surface area contributed by atoms with Crippen molar-refractivity contribution in [3.05, 3.63) is 12.7 Å². The Morgan fingerprint density at radius 1 is 1.42 bits per heavy atom. The van der Waals surface area contributed by atoms with Crippen LogP contribution < -0.4 is 0 Å². The van der Waals surface area contributed by atoms with Crippen molar-refractivity contribution < 1.29 is 9.66 Å². The summed E-state index contributed by atoms with van der Waals surface area (Å²) in [5.41, 5.74) is -1.12. The van der Waals surface area contributed by atoms with Gasteiger partial charge in [-0.25, -0.2) is 0 Å². The van der Waals surface area contributed by atoms with Gasteiger partial charge in [-0.05, 0) is 25.4 Å². The van der Waals surface area contributed by atoms with E-state index in [4.69, 9.17) is 4.55 Å². The first-order valence-corrected chi connectivity index (χ1v) is 4.94. The summed E-state index contributed by atoms with van der Waals surface area (Å²) in [5.74, 6) is 0.546. The number of hydrogen-bond acceptors (Lipinski definition) is 3. The van der Waals surface area contributed by atoms with Gasteiger partial charge in [-0.1, -0.05) is 19.9 Å². The molecule has 0 saturated carbocycles. The summed E-state index contributed by atoms with van der Waals surface area (Å²) in [7, 11) is 0. The minimum absolute atomic E-state index is 0.317. The molecule has 0 fully saturated rings. The van der Waals surface area contributed by atoms with Gasteiger partial charge in [0.2, 0.25) is 0 Å². The van der Waals surface area contributed by atoms with Crippen LogP contribution in [-0.4, -0.2) is 21.0 Å². The highest BCUT2D eigenvalue weighted by molar-refractivity contribution is 7.93. The molecule has 0 saturated heterocycles. The lowest BCUT2D eigenvalue weighted by molar-refractivity contribution is -0.0273. The van der Waals surface area contributed by atoms with E-state index in [1.807, 2.05) is 13.8 Å². The molecule has 0 aliphatic carbocycles. The smallest absolute Gasteiger partial charge is 0.0713 e. The van der Waals surface area contributed by atoms with E-state index in [9.17, 15) is 5.11 Å². The van der Waals surface area contributed by atoms with Crippen LogP contribution in [0.1, 0.15) is 27.2 Å². The predicted octanol–water partition coefficient (Wildman–Crippen LogP) is 2.55. The minimum Gasteiger partial charge on any atom is -0.389 e. The zero-order chi connectivity index (χ0) is 9.83. The van der Waals surface area contributed by atoms with Crippen LogP contribution in [0.25, 0.3) is 0 Å². The predicted molar refractivity (Wildman–Crippen MR) is 54.3 cm³/mol. The van der Waals surface area contributed by atoms with Crippen molar-refractivity contribution >= 4 is 12.0 Å². The molecule has 0 aliphatic rings. The van der Waals surface area contributed by atoms with Crippen molar-refractivity contribution in [2.75, 3.05) is 5.75 Å². The second-order valence-electron chi connectivity index (χ2n) is 3.78. The van der Waals surface area contributed by atoms with E-state index in [1.165, 1.54) is 0 Å². The minimum atomic E-state index is -0.801. The summed E-state index contributed by atoms with van der Waals surface area (Å²) in [6.45, 7) is 9.31. The van der Waals surface area contributed by atoms with Gasteiger partial charge in [0.1, 0.15) is 0 Å². The van der Waals surface area contributed by atoms with E-state index in [0.717, 1.165) is 12.0 Å². The molecule has 0 aromatic heterocycles. The van der Waals surface area contributed by atoms with Crippen molar-refractivity contribution in [1.82, 2.24) is 0 Å². The Bertz CT molecular complexity index is 153. The third-order valence-electron chi connectivity index (χ3n) is 2.58. The van der Waals surface area contributed by atoms with E-state index >= 15 is 0 Å². The van der Waals surface area contributed by atoms with Crippen LogP contribution in [0, 0.1) is 5.41 Å². The van der Waals surface area contributed by atoms with Gasteiger partial charge in [0, 0.05) is 11.2 Å². The molecule has 0 heterocycles. The molecule has 0 amide bonds. The summed E-state index contributed by atoms with van der Waals surface area (Å²) in [6, 6.07) is 0. The molecule has 1 unspecified atom stereocenters. The Morgan fingerprint density at radius 2 is 1.92 bits per heavy atom. The molecule has 0 aromatic rings. The molecule has 2 nitrogen and oxygen atoms in total. The third kappa shape index (κ3) is 2.81. The lowest BCUT2D eigenvalue weighted by Gasteiger charge is -2.37. The van der Waals surface area contributed by atoms with Gasteiger partial charge in [0.05, 0.1) is 5.60 Å². The zero-order valence-corrected chi connectivity index (χ0v) is 8.82. The van der Waals surface area contributed by atoms with Crippen molar-refractivity contribution in [2.24, 2.45) is 5.41 Å². The molecule has 2 N–H and O–H groups in total. The van der Waals surface area contributed by atoms with E-state index < -0.39 is 5.60 Å². The second-order valence-corrected chi connectivity index (χ2v) is 4.45. The normalized spacial score (nSPS) is 17.1. The number of aliphatic hydroxyl groups is 1. The van der Waals surface area contributed by atoms with Crippen molar-refractivity contribution in [3.8, 4) is 0 Å². The molecule has 0 radical (unpaired) electrons. The summed E-state index contributed by atoms with van der Waals surface area (Å²) >= 11 is 0.761. The topological polar surface area (TPSA) is 40.5 Å². The van der Waals surface area contributed by atoms with Crippen LogP contribution in [0.2, 0.25) is 0 Å². The van der Waals surface area contributed by atoms with Gasteiger partial charge in [-0.2, -0.15) is 0 Å². The van der Waals surface area contributed by atoms with E-state index in [1.54, 1.807) is 13.0 Å². The van der Waals surface area contributed by atoms with Crippen molar-refractivity contribution in [2.45, 2.75) is 32.8 Å². The van der Waals surface area contributed by atoms with Crippen LogP contribution in [0.15, 0.2) is 12.7 Å². The van der Waals surface area contributed by atoms with Crippen LogP contribution >= 0.6 is 12.0 Å². The quantitative estimate of drug-likeness (QED) is 0.517. The Balaban J connectivity index is 4.27. The summed E-state index contributed by atoms with van der Waals surface area (Å²) in [4.78, 5) is 0. The third-order valence-corrected chi connectivity index (χ3v) is 2.97. The van der Waals surface area contributed by atoms with Gasteiger partial charge >= 0.3 is 0 Å². The highest BCUT2D eigenvalue weighted by Crippen LogP contribution is 2.34. The van der Waals surface area contributed by atoms with Gasteiger partial charge in [-0.15, -0.1) is 6.58 Å². The monoisotopic (exact) mass is 190 g/mol. The molecule has 0 aliphatic heterocycles. The zero-order valence-electron chi connectivity index (χ0n) is 8.00. The summed E-state index contributed by atoms with van der Waals surface area (Å²) in [5, 5.41) is 9.98. The second kappa shape index (κ2) is 4.30. The molecular weight excluding hydrogens is 172 g/mol. The largest absolute Gasteiger partial charge is 0.389 e. The molecular formula is C9H18O2S. The number of hydrogen-bond donors (Lipinski definition) is 2. The summed E-state index contributed by atoms with van der Waals surface area (Å²) in [6.07, 6.45) is 2.31. The average molecular weight is 190 g/mol. The molecule has 1 atom stereocenters. The maximum atomic E-state index is 9.98. The maximum absolute atomic E-state index is 9.98. The van der Waals surface area contributed by atoms with Crippen LogP contribution in [0.5, 0.6) is 0 Å². The Hall–Kier alpha value is 0.01000. The molecule has 3 heteroatoms. The van der Waals surface area contributed by atoms with Crippen molar-refractivity contribution in [1.29, 1.82) is 0 Å². The fraction of sp³-hybridized carbons (Fsp3) is 0.778. The Morgan fingerprint density at radius 3 is 2.25 bits per heavy atom. The van der Waals surface area contributed by atoms with E-state index in [2.05, 4.69) is 6.58 Å². The Kier molecular flexibility index (Phi) is 4.31. The maximum Gasteiger partial charge on any atom is 0.0713 e. The lowest BCUT2D eigenvalue weighted by Crippen LogP contribution is -2.40. The Labute approximate surface area is 78.9 Å². The molecule has 0 rings (SSSR count).